The van der Waals surface area contributed by atoms with E-state index in [0.29, 0.717) is 12.8 Å². The van der Waals surface area contributed by atoms with Crippen LogP contribution in [0.4, 0.5) is 4.39 Å². The molecule has 3 heteroatoms. The van der Waals surface area contributed by atoms with Crippen LogP contribution in [0.5, 0.6) is 0 Å². The Balaban J connectivity index is 2.34. The number of halogens is 1. The van der Waals surface area contributed by atoms with E-state index in [2.05, 4.69) is 0 Å². The maximum atomic E-state index is 11.8. The van der Waals surface area contributed by atoms with Crippen LogP contribution in [-0.4, -0.2) is 17.4 Å². The third-order valence-electron chi connectivity index (χ3n) is 1.68. The number of hydrogen-bond acceptors (Lipinski definition) is 2. The maximum absolute atomic E-state index is 11.8. The van der Waals surface area contributed by atoms with Crippen molar-refractivity contribution in [3.63, 3.8) is 0 Å². The molecule has 9 heavy (non-hydrogen) atoms. The summed E-state index contributed by atoms with van der Waals surface area (Å²) in [5.41, 5.74) is -1.15. The largest absolute Gasteiger partial charge is 0.387 e. The van der Waals surface area contributed by atoms with Crippen molar-refractivity contribution in [1.29, 1.82) is 5.26 Å². The smallest absolute Gasteiger partial charge is 0.118 e. The van der Waals surface area contributed by atoms with Crippen LogP contribution in [0.1, 0.15) is 12.8 Å². The van der Waals surface area contributed by atoms with Crippen LogP contribution < -0.4 is 0 Å². The standard InChI is InChI=1S/C6H8FNO/c7-4-6(9)1-5(2-6)3-8/h5,9H,1-2,4H2/t5-,6-. The Bertz CT molecular complexity index is 146. The van der Waals surface area contributed by atoms with E-state index in [4.69, 9.17) is 10.4 Å². The van der Waals surface area contributed by atoms with E-state index < -0.39 is 12.3 Å². The Morgan fingerprint density at radius 2 is 2.33 bits per heavy atom. The van der Waals surface area contributed by atoms with Crippen LogP contribution in [0.3, 0.4) is 0 Å². The average molecular weight is 129 g/mol. The molecule has 50 valence electrons. The zero-order valence-electron chi connectivity index (χ0n) is 4.97. The van der Waals surface area contributed by atoms with Gasteiger partial charge in [0.15, 0.2) is 0 Å². The maximum Gasteiger partial charge on any atom is 0.118 e. The molecule has 0 aliphatic heterocycles. The van der Waals surface area contributed by atoms with Crippen LogP contribution in [0.25, 0.3) is 0 Å². The second kappa shape index (κ2) is 1.96. The zero-order chi connectivity index (χ0) is 6.91. The Kier molecular flexibility index (Phi) is 1.42. The third-order valence-corrected chi connectivity index (χ3v) is 1.68. The predicted molar refractivity (Wildman–Crippen MR) is 29.3 cm³/mol. The minimum absolute atomic E-state index is 0.120. The van der Waals surface area contributed by atoms with Crippen molar-refractivity contribution >= 4 is 0 Å². The summed E-state index contributed by atoms with van der Waals surface area (Å²) in [6.07, 6.45) is 0.611. The van der Waals surface area contributed by atoms with Crippen molar-refractivity contribution in [2.75, 3.05) is 6.67 Å². The van der Waals surface area contributed by atoms with Gasteiger partial charge in [0.25, 0.3) is 0 Å². The Morgan fingerprint density at radius 1 is 1.78 bits per heavy atom. The molecule has 1 N–H and O–H groups in total. The van der Waals surface area contributed by atoms with E-state index in [1.54, 1.807) is 0 Å². The first kappa shape index (κ1) is 6.50. The molecule has 0 aromatic rings. The Morgan fingerprint density at radius 3 is 2.67 bits per heavy atom. The summed E-state index contributed by atoms with van der Waals surface area (Å²) < 4.78 is 11.8. The normalized spacial score (nSPS) is 41.2. The van der Waals surface area contributed by atoms with Crippen LogP contribution in [0.2, 0.25) is 0 Å². The number of hydrogen-bond donors (Lipinski definition) is 1. The molecular formula is C6H8FNO. The second-order valence-corrected chi connectivity index (χ2v) is 2.59. The number of nitriles is 1. The first-order valence-corrected chi connectivity index (χ1v) is 2.88. The molecule has 0 spiro atoms. The predicted octanol–water partition coefficient (Wildman–Crippen LogP) is 0.621. The molecule has 0 saturated heterocycles. The van der Waals surface area contributed by atoms with Gasteiger partial charge in [-0.1, -0.05) is 0 Å². The van der Waals surface area contributed by atoms with Gasteiger partial charge in [-0.05, 0) is 12.8 Å². The van der Waals surface area contributed by atoms with Crippen molar-refractivity contribution in [3.05, 3.63) is 0 Å². The lowest BCUT2D eigenvalue weighted by molar-refractivity contribution is -0.0729. The summed E-state index contributed by atoms with van der Waals surface area (Å²) in [5, 5.41) is 17.2. The van der Waals surface area contributed by atoms with Crippen molar-refractivity contribution in [3.8, 4) is 6.07 Å². The van der Waals surface area contributed by atoms with Gasteiger partial charge in [-0.15, -0.1) is 0 Å². The van der Waals surface area contributed by atoms with Gasteiger partial charge in [-0.2, -0.15) is 5.26 Å². The van der Waals surface area contributed by atoms with Crippen LogP contribution in [0, 0.1) is 17.2 Å². The fourth-order valence-electron chi connectivity index (χ4n) is 1.06. The van der Waals surface area contributed by atoms with Crippen molar-refractivity contribution in [1.82, 2.24) is 0 Å². The fourth-order valence-corrected chi connectivity index (χ4v) is 1.06. The molecular weight excluding hydrogens is 121 g/mol. The molecule has 1 fully saturated rings. The van der Waals surface area contributed by atoms with E-state index in [0.717, 1.165) is 0 Å². The molecule has 0 atom stereocenters. The molecule has 0 bridgehead atoms. The van der Waals surface area contributed by atoms with Crippen LogP contribution in [-0.2, 0) is 0 Å². The van der Waals surface area contributed by atoms with Gasteiger partial charge in [0.1, 0.15) is 6.67 Å². The van der Waals surface area contributed by atoms with E-state index >= 15 is 0 Å². The first-order valence-electron chi connectivity index (χ1n) is 2.88. The van der Waals surface area contributed by atoms with Gasteiger partial charge in [0, 0.05) is 0 Å². The minimum atomic E-state index is -1.15. The highest BCUT2D eigenvalue weighted by Gasteiger charge is 2.42. The van der Waals surface area contributed by atoms with E-state index in [9.17, 15) is 4.39 Å². The molecule has 1 aliphatic carbocycles. The van der Waals surface area contributed by atoms with Gasteiger partial charge < -0.3 is 5.11 Å². The number of nitrogens with zero attached hydrogens (tertiary/aromatic N) is 1. The van der Waals surface area contributed by atoms with Gasteiger partial charge >= 0.3 is 0 Å². The number of aliphatic hydroxyl groups is 1. The minimum Gasteiger partial charge on any atom is -0.387 e. The zero-order valence-corrected chi connectivity index (χ0v) is 4.97. The topological polar surface area (TPSA) is 44.0 Å². The third kappa shape index (κ3) is 1.03. The molecule has 0 unspecified atom stereocenters. The average Bonchev–Trinajstić information content (AvgIpc) is 1.81. The molecule has 1 rings (SSSR count). The Labute approximate surface area is 52.9 Å². The lowest BCUT2D eigenvalue weighted by Crippen LogP contribution is -2.45. The summed E-state index contributed by atoms with van der Waals surface area (Å²) in [6, 6.07) is 1.96. The van der Waals surface area contributed by atoms with Crippen molar-refractivity contribution in [2.45, 2.75) is 18.4 Å². The highest BCUT2D eigenvalue weighted by Crippen LogP contribution is 2.37. The Hall–Kier alpha value is -0.620. The molecule has 0 amide bonds. The second-order valence-electron chi connectivity index (χ2n) is 2.59. The highest BCUT2D eigenvalue weighted by atomic mass is 19.1. The number of alkyl halides is 1. The summed E-state index contributed by atoms with van der Waals surface area (Å²) >= 11 is 0. The van der Waals surface area contributed by atoms with Crippen molar-refractivity contribution < 1.29 is 9.50 Å². The molecule has 0 aromatic heterocycles. The lowest BCUT2D eigenvalue weighted by atomic mass is 9.72. The first-order chi connectivity index (χ1) is 4.20. The highest BCUT2D eigenvalue weighted by molar-refractivity contribution is 5.03. The van der Waals surface area contributed by atoms with Gasteiger partial charge in [0.2, 0.25) is 0 Å². The van der Waals surface area contributed by atoms with Gasteiger partial charge in [0.05, 0.1) is 17.6 Å². The SMILES string of the molecule is N#C[C@H]1C[C@@](O)(CF)C1. The molecule has 1 aliphatic rings. The lowest BCUT2D eigenvalue weighted by Gasteiger charge is -2.37. The van der Waals surface area contributed by atoms with Crippen LogP contribution in [0.15, 0.2) is 0 Å². The fraction of sp³-hybridized carbons (Fsp3) is 0.833. The summed E-state index contributed by atoms with van der Waals surface area (Å²) in [7, 11) is 0. The van der Waals surface area contributed by atoms with E-state index in [-0.39, 0.29) is 5.92 Å². The van der Waals surface area contributed by atoms with Gasteiger partial charge in [-0.3, -0.25) is 0 Å². The van der Waals surface area contributed by atoms with E-state index in [1.165, 1.54) is 0 Å². The van der Waals surface area contributed by atoms with E-state index in [1.807, 2.05) is 6.07 Å². The quantitative estimate of drug-likeness (QED) is 0.564. The van der Waals surface area contributed by atoms with Crippen molar-refractivity contribution in [2.24, 2.45) is 5.92 Å². The molecule has 0 aromatic carbocycles. The van der Waals surface area contributed by atoms with Gasteiger partial charge in [-0.25, -0.2) is 4.39 Å². The summed E-state index contributed by atoms with van der Waals surface area (Å²) in [5.74, 6) is -0.120. The molecule has 0 radical (unpaired) electrons. The summed E-state index contributed by atoms with van der Waals surface area (Å²) in [6.45, 7) is -0.717. The van der Waals surface area contributed by atoms with Crippen LogP contribution >= 0.6 is 0 Å². The molecule has 0 heterocycles. The number of rotatable bonds is 1. The molecule has 2 nitrogen and oxygen atoms in total. The monoisotopic (exact) mass is 129 g/mol. The molecule has 1 saturated carbocycles. The summed E-state index contributed by atoms with van der Waals surface area (Å²) in [4.78, 5) is 0.